The van der Waals surface area contributed by atoms with Gasteiger partial charge in [-0.05, 0) is 69.2 Å². The van der Waals surface area contributed by atoms with Crippen LogP contribution in [0.2, 0.25) is 0 Å². The number of amides is 1. The Morgan fingerprint density at radius 3 is 2.46 bits per heavy atom. The first-order chi connectivity index (χ1) is 16.7. The van der Waals surface area contributed by atoms with Crippen molar-refractivity contribution in [3.8, 4) is 22.8 Å². The molecule has 1 fully saturated rings. The second-order valence-electron chi connectivity index (χ2n) is 8.20. The van der Waals surface area contributed by atoms with E-state index in [0.717, 1.165) is 51.0 Å². The lowest BCUT2D eigenvalue weighted by atomic mass is 10.1. The van der Waals surface area contributed by atoms with Crippen LogP contribution in [0.4, 0.5) is 18.9 Å². The van der Waals surface area contributed by atoms with E-state index in [1.54, 1.807) is 6.07 Å². The zero-order chi connectivity index (χ0) is 25.0. The van der Waals surface area contributed by atoms with Crippen LogP contribution >= 0.6 is 0 Å². The van der Waals surface area contributed by atoms with Crippen LogP contribution in [-0.4, -0.2) is 46.9 Å². The van der Waals surface area contributed by atoms with Crippen LogP contribution in [-0.2, 0) is 6.18 Å². The van der Waals surface area contributed by atoms with E-state index in [9.17, 15) is 28.1 Å². The molecule has 4 rings (SSSR count). The molecule has 1 amide bonds. The van der Waals surface area contributed by atoms with Crippen molar-refractivity contribution in [2.75, 3.05) is 26.2 Å². The Bertz CT molecular complexity index is 1200. The van der Waals surface area contributed by atoms with Gasteiger partial charge in [-0.2, -0.15) is 13.2 Å². The molecular weight excluding hydrogens is 465 g/mol. The highest BCUT2D eigenvalue weighted by atomic mass is 19.4. The standard InChI is InChI=1S/C24H23F3N4O4/c25-24(26,27)17-10-8-16(9-11-17)23-29-20(22(32)28-12-5-15-30-13-3-4-14-30)21(35-23)18-6-1-2-7-19(18)31(33)34/h1-2,6-11H,3-5,12-15H2,(H,28,32). The Kier molecular flexibility index (Phi) is 7.15. The van der Waals surface area contributed by atoms with E-state index < -0.39 is 22.6 Å². The van der Waals surface area contributed by atoms with Crippen molar-refractivity contribution >= 4 is 11.6 Å². The van der Waals surface area contributed by atoms with Crippen molar-refractivity contribution in [1.29, 1.82) is 0 Å². The average molecular weight is 488 g/mol. The molecule has 1 saturated heterocycles. The summed E-state index contributed by atoms with van der Waals surface area (Å²) in [5.74, 6) is -0.820. The fourth-order valence-electron chi connectivity index (χ4n) is 4.00. The first-order valence-corrected chi connectivity index (χ1v) is 11.2. The number of hydrogen-bond acceptors (Lipinski definition) is 6. The second kappa shape index (κ2) is 10.3. The summed E-state index contributed by atoms with van der Waals surface area (Å²) in [5.41, 5.74) is -1.06. The van der Waals surface area contributed by atoms with Gasteiger partial charge in [0.15, 0.2) is 11.5 Å². The molecule has 184 valence electrons. The number of nitro groups is 1. The zero-order valence-corrected chi connectivity index (χ0v) is 18.7. The summed E-state index contributed by atoms with van der Waals surface area (Å²) in [4.78, 5) is 30.5. The van der Waals surface area contributed by atoms with Crippen LogP contribution < -0.4 is 5.32 Å². The second-order valence-corrected chi connectivity index (χ2v) is 8.20. The van der Waals surface area contributed by atoms with Gasteiger partial charge in [0, 0.05) is 18.2 Å². The number of hydrogen-bond donors (Lipinski definition) is 1. The number of nitrogens with zero attached hydrogens (tertiary/aromatic N) is 3. The topological polar surface area (TPSA) is 102 Å². The van der Waals surface area contributed by atoms with Gasteiger partial charge in [0.05, 0.1) is 16.1 Å². The largest absolute Gasteiger partial charge is 0.435 e. The van der Waals surface area contributed by atoms with Gasteiger partial charge in [-0.15, -0.1) is 0 Å². The summed E-state index contributed by atoms with van der Waals surface area (Å²) < 4.78 is 44.5. The summed E-state index contributed by atoms with van der Waals surface area (Å²) in [6.07, 6.45) is -1.46. The van der Waals surface area contributed by atoms with Gasteiger partial charge in [-0.3, -0.25) is 14.9 Å². The maximum absolute atomic E-state index is 13.0. The summed E-state index contributed by atoms with van der Waals surface area (Å²) in [6, 6.07) is 9.84. The van der Waals surface area contributed by atoms with Gasteiger partial charge in [-0.1, -0.05) is 12.1 Å². The van der Waals surface area contributed by atoms with Gasteiger partial charge in [0.1, 0.15) is 0 Å². The monoisotopic (exact) mass is 488 g/mol. The number of benzene rings is 2. The predicted octanol–water partition coefficient (Wildman–Crippen LogP) is 5.15. The SMILES string of the molecule is O=C(NCCCN1CCCC1)c1nc(-c2ccc(C(F)(F)F)cc2)oc1-c1ccccc1[N+](=O)[O-]. The molecule has 0 aliphatic carbocycles. The van der Waals surface area contributed by atoms with Gasteiger partial charge in [-0.25, -0.2) is 4.98 Å². The van der Waals surface area contributed by atoms with E-state index in [2.05, 4.69) is 15.2 Å². The van der Waals surface area contributed by atoms with Crippen molar-refractivity contribution < 1.29 is 27.3 Å². The van der Waals surface area contributed by atoms with Crippen molar-refractivity contribution in [3.63, 3.8) is 0 Å². The molecule has 8 nitrogen and oxygen atoms in total. The molecule has 0 radical (unpaired) electrons. The third-order valence-electron chi connectivity index (χ3n) is 5.78. The Balaban J connectivity index is 1.63. The molecule has 0 spiro atoms. The molecule has 0 saturated carbocycles. The lowest BCUT2D eigenvalue weighted by Gasteiger charge is -2.14. The summed E-state index contributed by atoms with van der Waals surface area (Å²) >= 11 is 0. The van der Waals surface area contributed by atoms with Crippen LogP contribution in [0.1, 0.15) is 35.3 Å². The molecule has 0 unspecified atom stereocenters. The van der Waals surface area contributed by atoms with Gasteiger partial charge >= 0.3 is 6.18 Å². The number of nitro benzene ring substituents is 1. The lowest BCUT2D eigenvalue weighted by Crippen LogP contribution is -2.29. The van der Waals surface area contributed by atoms with Crippen LogP contribution in [0.15, 0.2) is 52.9 Å². The maximum atomic E-state index is 13.0. The van der Waals surface area contributed by atoms with Crippen LogP contribution in [0.5, 0.6) is 0 Å². The average Bonchev–Trinajstić information content (AvgIpc) is 3.51. The first-order valence-electron chi connectivity index (χ1n) is 11.2. The van der Waals surface area contributed by atoms with E-state index >= 15 is 0 Å². The predicted molar refractivity (Wildman–Crippen MR) is 122 cm³/mol. The van der Waals surface area contributed by atoms with Crippen LogP contribution in [0.3, 0.4) is 0 Å². The third kappa shape index (κ3) is 5.68. The molecule has 2 heterocycles. The normalized spacial score (nSPS) is 14.3. The smallest absolute Gasteiger partial charge is 0.416 e. The van der Waals surface area contributed by atoms with E-state index in [4.69, 9.17) is 4.42 Å². The van der Waals surface area contributed by atoms with E-state index in [0.29, 0.717) is 6.54 Å². The number of alkyl halides is 3. The van der Waals surface area contributed by atoms with Gasteiger partial charge in [0.25, 0.3) is 11.6 Å². The fourth-order valence-corrected chi connectivity index (χ4v) is 4.00. The van der Waals surface area contributed by atoms with Crippen molar-refractivity contribution in [1.82, 2.24) is 15.2 Å². The highest BCUT2D eigenvalue weighted by Crippen LogP contribution is 2.36. The van der Waals surface area contributed by atoms with Crippen molar-refractivity contribution in [2.45, 2.75) is 25.4 Å². The minimum Gasteiger partial charge on any atom is -0.435 e. The molecular formula is C24H23F3N4O4. The minimum absolute atomic E-state index is 0.0466. The number of para-hydroxylation sites is 1. The number of rotatable bonds is 8. The molecule has 0 bridgehead atoms. The molecule has 3 aromatic rings. The molecule has 1 aromatic heterocycles. The summed E-state index contributed by atoms with van der Waals surface area (Å²) in [6.45, 7) is 3.28. The Labute approximate surface area is 198 Å². The van der Waals surface area contributed by atoms with Crippen molar-refractivity contribution in [2.24, 2.45) is 0 Å². The highest BCUT2D eigenvalue weighted by molar-refractivity contribution is 5.99. The molecule has 1 aliphatic heterocycles. The zero-order valence-electron chi connectivity index (χ0n) is 18.7. The number of halogens is 3. The number of carbonyl (C=O) groups is 1. The maximum Gasteiger partial charge on any atom is 0.416 e. The number of likely N-dealkylation sites (tertiary alicyclic amines) is 1. The molecule has 0 atom stereocenters. The minimum atomic E-state index is -4.51. The Morgan fingerprint density at radius 2 is 1.80 bits per heavy atom. The summed E-state index contributed by atoms with van der Waals surface area (Å²) in [5, 5.41) is 14.3. The molecule has 1 N–H and O–H groups in total. The van der Waals surface area contributed by atoms with Crippen LogP contribution in [0, 0.1) is 10.1 Å². The van der Waals surface area contributed by atoms with Crippen LogP contribution in [0.25, 0.3) is 22.8 Å². The van der Waals surface area contributed by atoms with E-state index in [-0.39, 0.29) is 34.2 Å². The molecule has 35 heavy (non-hydrogen) atoms. The number of oxazole rings is 1. The van der Waals surface area contributed by atoms with Crippen molar-refractivity contribution in [3.05, 3.63) is 69.9 Å². The quantitative estimate of drug-likeness (QED) is 0.267. The Morgan fingerprint density at radius 1 is 1.11 bits per heavy atom. The number of aromatic nitrogens is 1. The van der Waals surface area contributed by atoms with Gasteiger partial charge < -0.3 is 14.6 Å². The molecule has 2 aromatic carbocycles. The van der Waals surface area contributed by atoms with Gasteiger partial charge in [0.2, 0.25) is 5.89 Å². The number of carbonyl (C=O) groups excluding carboxylic acids is 1. The first kappa shape index (κ1) is 24.4. The van der Waals surface area contributed by atoms with E-state index in [1.807, 2.05) is 0 Å². The highest BCUT2D eigenvalue weighted by Gasteiger charge is 2.31. The lowest BCUT2D eigenvalue weighted by molar-refractivity contribution is -0.384. The van der Waals surface area contributed by atoms with E-state index in [1.165, 1.54) is 30.3 Å². The molecule has 11 heteroatoms. The molecule has 1 aliphatic rings. The fraction of sp³-hybridized carbons (Fsp3) is 0.333. The summed E-state index contributed by atoms with van der Waals surface area (Å²) in [7, 11) is 0. The Hall–Kier alpha value is -3.73. The number of nitrogens with one attached hydrogen (secondary N) is 1. The third-order valence-corrected chi connectivity index (χ3v) is 5.78.